The van der Waals surface area contributed by atoms with Gasteiger partial charge in [-0.05, 0) is 85.7 Å². The number of hydrogen-bond donors (Lipinski definition) is 0. The van der Waals surface area contributed by atoms with Crippen LogP contribution in [0.2, 0.25) is 118 Å². The average Bonchev–Trinajstić information content (AvgIpc) is 3.17. The van der Waals surface area contributed by atoms with Gasteiger partial charge < -0.3 is 19.1 Å². The summed E-state index contributed by atoms with van der Waals surface area (Å²) in [6, 6.07) is 0. The number of nitrogens with zero attached hydrogens (tertiary/aromatic N) is 4. The van der Waals surface area contributed by atoms with Gasteiger partial charge in [-0.3, -0.25) is 0 Å². The summed E-state index contributed by atoms with van der Waals surface area (Å²) in [7, 11) is -10.3. The number of rotatable bonds is 8. The highest BCUT2D eigenvalue weighted by molar-refractivity contribution is 8.70. The molecule has 2 saturated heterocycles. The van der Waals surface area contributed by atoms with Crippen molar-refractivity contribution in [3.63, 3.8) is 0 Å². The van der Waals surface area contributed by atoms with Crippen LogP contribution in [0.4, 0.5) is 0 Å². The Morgan fingerprint density at radius 2 is 0.704 bits per heavy atom. The lowest BCUT2D eigenvalue weighted by Gasteiger charge is -2.68. The summed E-state index contributed by atoms with van der Waals surface area (Å²) in [5.74, 6) is 3.80. The molecular formula is C40H84N4P4Si6. The Hall–Kier alpha value is 1.44. The molecule has 4 nitrogen and oxygen atoms in total. The second-order valence-electron chi connectivity index (χ2n) is 24.7. The average molecular weight is 914 g/mol. The standard InChI is InChI=1S/C40H84N4P4Si6/c1-49(2,3)37(50(4,5)6)45-33-25-19-21-27-41-29-23-31-43(35(33)41)47(45)39(53(13,14)15)48(40(47)54(16,17)18)44-32-24-30-42-28-22-20-26-34(36(42)44)46(48)38(51(7,8)9)52(10,11)12/h37-38H,19-32H2,1-18H3. The van der Waals surface area contributed by atoms with Crippen LogP contribution in [0.3, 0.4) is 0 Å². The Labute approximate surface area is 343 Å². The molecule has 14 heteroatoms. The van der Waals surface area contributed by atoms with Crippen molar-refractivity contribution in [2.24, 2.45) is 0 Å². The molecule has 0 aliphatic carbocycles. The summed E-state index contributed by atoms with van der Waals surface area (Å²) in [5, 5.41) is 4.22. The quantitative estimate of drug-likeness (QED) is 0.178. The number of hydrogen-bond acceptors (Lipinski definition) is 4. The van der Waals surface area contributed by atoms with Crippen molar-refractivity contribution in [1.29, 1.82) is 0 Å². The monoisotopic (exact) mass is 912 g/mol. The molecule has 308 valence electrons. The SMILES string of the molecule is C[Si](C)(C)C1=P2(C([Si](C)(C)C)=P13N1CCCN4CCCCC(=C41)P3C([Si](C)(C)C)[Si](C)(C)C)N1CCCN3CCCCC(=C31)P2C([Si](C)(C)C)[Si](C)(C)C. The zero-order valence-corrected chi connectivity index (χ0v) is 48.2. The van der Waals surface area contributed by atoms with E-state index in [0.29, 0.717) is 0 Å². The van der Waals surface area contributed by atoms with Gasteiger partial charge in [-0.2, -0.15) is 0 Å². The Kier molecular flexibility index (Phi) is 11.3. The Balaban J connectivity index is 1.72. The summed E-state index contributed by atoms with van der Waals surface area (Å²) in [6.07, 6.45) is 11.3. The van der Waals surface area contributed by atoms with Crippen LogP contribution in [-0.4, -0.2) is 126 Å². The Bertz CT molecular complexity index is 1560. The van der Waals surface area contributed by atoms with Crippen LogP contribution in [0, 0.1) is 0 Å². The predicted molar refractivity (Wildman–Crippen MR) is 273 cm³/mol. The van der Waals surface area contributed by atoms with Crippen LogP contribution >= 0.6 is 28.7 Å². The molecule has 7 heterocycles. The smallest absolute Gasteiger partial charge is 0.112 e. The third-order valence-electron chi connectivity index (χ3n) is 13.6. The van der Waals surface area contributed by atoms with E-state index in [1.54, 1.807) is 0 Å². The van der Waals surface area contributed by atoms with E-state index >= 15 is 0 Å². The Morgan fingerprint density at radius 3 is 0.981 bits per heavy atom. The fraction of sp³-hybridized carbons (Fsp3) is 0.850. The van der Waals surface area contributed by atoms with E-state index in [1.165, 1.54) is 90.6 Å². The number of fused-ring (bicyclic) bond motifs is 2. The highest BCUT2D eigenvalue weighted by atomic mass is 32.1. The Morgan fingerprint density at radius 1 is 0.407 bits per heavy atom. The van der Waals surface area contributed by atoms with Crippen molar-refractivity contribution in [2.75, 3.05) is 39.3 Å². The van der Waals surface area contributed by atoms with Gasteiger partial charge in [0.15, 0.2) is 0 Å². The maximum absolute atomic E-state index is 3.49. The fourth-order valence-electron chi connectivity index (χ4n) is 13.7. The van der Waals surface area contributed by atoms with Gasteiger partial charge in [-0.25, -0.2) is 0 Å². The molecule has 0 saturated carbocycles. The summed E-state index contributed by atoms with van der Waals surface area (Å²) >= 11 is 0. The van der Waals surface area contributed by atoms with Crippen LogP contribution in [0.15, 0.2) is 22.3 Å². The summed E-state index contributed by atoms with van der Waals surface area (Å²) in [6.45, 7) is 56.5. The first kappa shape index (κ1) is 43.5. The molecule has 2 spiro atoms. The molecule has 2 fully saturated rings. The van der Waals surface area contributed by atoms with Gasteiger partial charge in [0, 0.05) is 95.6 Å². The molecule has 2 unspecified atom stereocenters. The van der Waals surface area contributed by atoms with Gasteiger partial charge in [-0.1, -0.05) is 118 Å². The van der Waals surface area contributed by atoms with Gasteiger partial charge in [0.25, 0.3) is 0 Å². The van der Waals surface area contributed by atoms with E-state index in [-0.39, 0.29) is 15.2 Å². The second kappa shape index (κ2) is 14.0. The molecule has 0 aromatic rings. The first-order valence-electron chi connectivity index (χ1n) is 22.3. The summed E-state index contributed by atoms with van der Waals surface area (Å²) < 4.78 is 11.9. The molecule has 2 atom stereocenters. The van der Waals surface area contributed by atoms with Crippen LogP contribution in [0.25, 0.3) is 0 Å². The molecule has 7 aliphatic heterocycles. The molecular weight excluding hydrogens is 829 g/mol. The van der Waals surface area contributed by atoms with Crippen molar-refractivity contribution in [3.05, 3.63) is 22.3 Å². The van der Waals surface area contributed by atoms with Crippen molar-refractivity contribution in [2.45, 2.75) is 179 Å². The predicted octanol–water partition coefficient (Wildman–Crippen LogP) is 13.7. The lowest BCUT2D eigenvalue weighted by molar-refractivity contribution is 0.228. The van der Waals surface area contributed by atoms with Crippen molar-refractivity contribution >= 4 is 86.4 Å². The zero-order chi connectivity index (χ0) is 40.0. The van der Waals surface area contributed by atoms with Gasteiger partial charge in [0.05, 0.1) is 16.1 Å². The van der Waals surface area contributed by atoms with E-state index in [4.69, 9.17) is 0 Å². The third kappa shape index (κ3) is 6.41. The second-order valence-corrected chi connectivity index (χ2v) is 76.1. The lowest BCUT2D eigenvalue weighted by Crippen LogP contribution is -2.59. The highest BCUT2D eigenvalue weighted by Gasteiger charge is 2.73. The minimum atomic E-state index is -1.81. The van der Waals surface area contributed by atoms with Crippen LogP contribution in [-0.2, 0) is 0 Å². The number of allylic oxidation sites excluding steroid dienone is 2. The molecule has 54 heavy (non-hydrogen) atoms. The van der Waals surface area contributed by atoms with E-state index in [1.807, 2.05) is 11.6 Å². The van der Waals surface area contributed by atoms with E-state index in [2.05, 4.69) is 157 Å². The molecule has 7 aliphatic rings. The van der Waals surface area contributed by atoms with Crippen molar-refractivity contribution < 1.29 is 0 Å². The minimum absolute atomic E-state index is 0.241. The van der Waals surface area contributed by atoms with Crippen molar-refractivity contribution in [1.82, 2.24) is 19.1 Å². The summed E-state index contributed by atoms with van der Waals surface area (Å²) in [5.41, 5.74) is 0. The summed E-state index contributed by atoms with van der Waals surface area (Å²) in [4.78, 5) is 8.10. The lowest BCUT2D eigenvalue weighted by atomic mass is 10.2. The highest BCUT2D eigenvalue weighted by Crippen LogP contribution is 3.08. The molecule has 0 aromatic heterocycles. The molecule has 0 aromatic carbocycles. The van der Waals surface area contributed by atoms with Gasteiger partial charge in [-0.15, -0.1) is 0 Å². The molecule has 0 radical (unpaired) electrons. The van der Waals surface area contributed by atoms with Crippen LogP contribution in [0.1, 0.15) is 51.4 Å². The minimum Gasteiger partial charge on any atom is -0.358 e. The van der Waals surface area contributed by atoms with E-state index in [0.717, 1.165) is 9.81 Å². The largest absolute Gasteiger partial charge is 0.358 e. The maximum Gasteiger partial charge on any atom is 0.112 e. The molecule has 0 amide bonds. The third-order valence-corrected chi connectivity index (χ3v) is 86.7. The molecule has 7 rings (SSSR count). The van der Waals surface area contributed by atoms with Gasteiger partial charge in [0.1, 0.15) is 11.6 Å². The van der Waals surface area contributed by atoms with Crippen LogP contribution < -0.4 is 0 Å². The van der Waals surface area contributed by atoms with Crippen molar-refractivity contribution in [3.8, 4) is 0 Å². The van der Waals surface area contributed by atoms with Crippen LogP contribution in [0.5, 0.6) is 0 Å². The van der Waals surface area contributed by atoms with E-state index < -0.39 is 61.9 Å². The van der Waals surface area contributed by atoms with Gasteiger partial charge in [0.2, 0.25) is 0 Å². The molecule has 0 bridgehead atoms. The topological polar surface area (TPSA) is 13.0 Å². The fourth-order valence-corrected chi connectivity index (χ4v) is 134. The molecule has 0 N–H and O–H groups in total. The van der Waals surface area contributed by atoms with Gasteiger partial charge >= 0.3 is 0 Å². The van der Waals surface area contributed by atoms with E-state index in [9.17, 15) is 0 Å². The first-order chi connectivity index (χ1) is 24.6. The first-order valence-corrected chi connectivity index (χ1v) is 51.3. The normalized spacial score (nSPS) is 31.3. The zero-order valence-electron chi connectivity index (χ0n) is 38.6. The maximum atomic E-state index is 3.49.